The van der Waals surface area contributed by atoms with E-state index in [-0.39, 0.29) is 62.0 Å². The molecule has 12 heteroatoms. The third kappa shape index (κ3) is 37.6. The molecule has 0 aromatic rings. The number of carbonyl (C=O) groups is 3. The number of hydrogen-bond donors (Lipinski definition) is 0. The van der Waals surface area contributed by atoms with Crippen molar-refractivity contribution in [2.24, 2.45) is 0 Å². The summed E-state index contributed by atoms with van der Waals surface area (Å²) in [4.78, 5) is 38.3. The largest absolute Gasteiger partial charge is 0.462 e. The highest BCUT2D eigenvalue weighted by atomic mass is 16.7. The monoisotopic (exact) mass is 983 g/mol. The van der Waals surface area contributed by atoms with Crippen molar-refractivity contribution < 1.29 is 57.0 Å². The molecule has 9 atom stereocenters. The Balaban J connectivity index is 1.61. The van der Waals surface area contributed by atoms with Crippen LogP contribution in [0.2, 0.25) is 0 Å². The van der Waals surface area contributed by atoms with Crippen LogP contribution in [-0.2, 0) is 57.0 Å². The number of unbranched alkanes of at least 4 members (excludes halogenated alkanes) is 18. The second-order valence-electron chi connectivity index (χ2n) is 20.7. The summed E-state index contributed by atoms with van der Waals surface area (Å²) in [7, 11) is 0. The number of carbonyl (C=O) groups excluding carboxylic acids is 3. The van der Waals surface area contributed by atoms with E-state index in [2.05, 4.69) is 48.5 Å². The Kier molecular flexibility index (Phi) is 39.1. The maximum absolute atomic E-state index is 12.9. The van der Waals surface area contributed by atoms with Crippen LogP contribution in [0.1, 0.15) is 260 Å². The van der Waals surface area contributed by atoms with Crippen LogP contribution >= 0.6 is 0 Å². The van der Waals surface area contributed by atoms with Crippen molar-refractivity contribution in [3.63, 3.8) is 0 Å². The van der Waals surface area contributed by atoms with E-state index in [1.807, 2.05) is 0 Å². The summed E-state index contributed by atoms with van der Waals surface area (Å²) >= 11 is 0. The van der Waals surface area contributed by atoms with E-state index < -0.39 is 6.10 Å². The van der Waals surface area contributed by atoms with E-state index in [1.54, 1.807) is 0 Å². The summed E-state index contributed by atoms with van der Waals surface area (Å²) in [5.74, 6) is -1.01. The van der Waals surface area contributed by atoms with Crippen molar-refractivity contribution in [3.8, 4) is 0 Å². The van der Waals surface area contributed by atoms with Crippen molar-refractivity contribution in [2.75, 3.05) is 33.2 Å². The Morgan fingerprint density at radius 2 is 0.725 bits per heavy atom. The normalized spacial score (nSPS) is 19.7. The summed E-state index contributed by atoms with van der Waals surface area (Å²) in [6.45, 7) is 16.7. The van der Waals surface area contributed by atoms with Crippen molar-refractivity contribution in [1.29, 1.82) is 0 Å². The van der Waals surface area contributed by atoms with Gasteiger partial charge in [0.15, 0.2) is 6.10 Å². The molecule has 406 valence electrons. The first-order valence-electron chi connectivity index (χ1n) is 28.8. The molecule has 0 saturated carbocycles. The first-order chi connectivity index (χ1) is 33.5. The molecule has 0 aromatic carbocycles. The number of esters is 3. The van der Waals surface area contributed by atoms with E-state index in [0.29, 0.717) is 57.3 Å². The topological polar surface area (TPSA) is 141 Å². The molecule has 2 heterocycles. The molecule has 0 radical (unpaired) electrons. The molecule has 12 nitrogen and oxygen atoms in total. The highest BCUT2D eigenvalue weighted by Crippen LogP contribution is 2.30. The van der Waals surface area contributed by atoms with Crippen molar-refractivity contribution in [1.82, 2.24) is 0 Å². The fourth-order valence-electron chi connectivity index (χ4n) is 8.73. The molecular formula is C57H106O12. The summed E-state index contributed by atoms with van der Waals surface area (Å²) in [6, 6.07) is 0. The predicted molar refractivity (Wildman–Crippen MR) is 275 cm³/mol. The van der Waals surface area contributed by atoms with Crippen LogP contribution in [0.25, 0.3) is 0 Å². The van der Waals surface area contributed by atoms with Crippen LogP contribution in [-0.4, -0.2) is 106 Å². The minimum atomic E-state index is -0.831. The zero-order valence-corrected chi connectivity index (χ0v) is 45.5. The van der Waals surface area contributed by atoms with Gasteiger partial charge in [0.25, 0.3) is 0 Å². The molecule has 0 aliphatic carbocycles. The van der Waals surface area contributed by atoms with Gasteiger partial charge in [-0.25, -0.2) is 0 Å². The number of rotatable bonds is 51. The molecule has 69 heavy (non-hydrogen) atoms. The second kappa shape index (κ2) is 42.7. The van der Waals surface area contributed by atoms with Gasteiger partial charge in [0.1, 0.15) is 32.2 Å². The fourth-order valence-corrected chi connectivity index (χ4v) is 8.73. The highest BCUT2D eigenvalue weighted by molar-refractivity contribution is 5.71. The van der Waals surface area contributed by atoms with Gasteiger partial charge in [-0.2, -0.15) is 0 Å². The fraction of sp³-hybridized carbons (Fsp3) is 0.947. The van der Waals surface area contributed by atoms with Gasteiger partial charge in [0.05, 0.1) is 49.8 Å². The van der Waals surface area contributed by atoms with Gasteiger partial charge in [-0.15, -0.1) is 0 Å². The molecule has 0 aromatic heterocycles. The van der Waals surface area contributed by atoms with Crippen LogP contribution in [0, 0.1) is 0 Å². The molecule has 2 aliphatic heterocycles. The minimum absolute atomic E-state index is 0.124. The SMILES string of the molecule is CCCCCC(C)OCOC(C)CCCCCCCC(=O)OCC(COC(=O)CCCCCCCC1OC1COC(C)CCCCC)OC(=O)CCCCCCCC1OC1COC(C)CCCCC. The first kappa shape index (κ1) is 63.3. The maximum Gasteiger partial charge on any atom is 0.306 e. The maximum atomic E-state index is 12.9. The number of ether oxygens (including phenoxy) is 9. The molecule has 0 N–H and O–H groups in total. The van der Waals surface area contributed by atoms with E-state index in [9.17, 15) is 14.4 Å². The standard InChI is InChI=1S/C57H106O12/c1-8-11-23-32-46(4)61-43-53-51(68-53)36-27-18-15-21-30-39-56(59)64-42-50(41-63-55(58)38-29-20-14-17-26-35-49(7)66-45-65-48(6)34-25-13-10-3)67-57(60)40-31-22-16-19-28-37-52-54(69-52)44-62-47(5)33-24-12-9-2/h46-54H,8-45H2,1-7H3. The van der Waals surface area contributed by atoms with Crippen LogP contribution in [0.5, 0.6) is 0 Å². The number of epoxide rings is 2. The average molecular weight is 983 g/mol. The third-order valence-corrected chi connectivity index (χ3v) is 13.7. The van der Waals surface area contributed by atoms with E-state index in [0.717, 1.165) is 135 Å². The van der Waals surface area contributed by atoms with Gasteiger partial charge < -0.3 is 42.6 Å². The van der Waals surface area contributed by atoms with Crippen molar-refractivity contribution in [2.45, 2.75) is 315 Å². The molecule has 2 saturated heterocycles. The molecule has 2 fully saturated rings. The lowest BCUT2D eigenvalue weighted by molar-refractivity contribution is -0.167. The quantitative estimate of drug-likeness (QED) is 0.0188. The van der Waals surface area contributed by atoms with Crippen molar-refractivity contribution >= 4 is 17.9 Å². The van der Waals surface area contributed by atoms with Gasteiger partial charge >= 0.3 is 17.9 Å². The lowest BCUT2D eigenvalue weighted by Gasteiger charge is -2.18. The van der Waals surface area contributed by atoms with E-state index >= 15 is 0 Å². The zero-order chi connectivity index (χ0) is 50.2. The Labute approximate surface area is 422 Å². The van der Waals surface area contributed by atoms with Crippen LogP contribution in [0.4, 0.5) is 0 Å². The van der Waals surface area contributed by atoms with Crippen LogP contribution in [0.3, 0.4) is 0 Å². The lowest BCUT2D eigenvalue weighted by Crippen LogP contribution is -2.30. The molecule has 0 spiro atoms. The van der Waals surface area contributed by atoms with Gasteiger partial charge in [-0.1, -0.05) is 156 Å². The first-order valence-corrected chi connectivity index (χ1v) is 28.8. The van der Waals surface area contributed by atoms with E-state index in [4.69, 9.17) is 42.6 Å². The predicted octanol–water partition coefficient (Wildman–Crippen LogP) is 14.0. The van der Waals surface area contributed by atoms with Crippen LogP contribution in [0.15, 0.2) is 0 Å². The van der Waals surface area contributed by atoms with Crippen LogP contribution < -0.4 is 0 Å². The smallest absolute Gasteiger partial charge is 0.306 e. The van der Waals surface area contributed by atoms with Gasteiger partial charge in [-0.05, 0) is 85.5 Å². The second-order valence-corrected chi connectivity index (χ2v) is 20.7. The van der Waals surface area contributed by atoms with Gasteiger partial charge in [0, 0.05) is 19.3 Å². The Bertz CT molecular complexity index is 1200. The Morgan fingerprint density at radius 3 is 1.13 bits per heavy atom. The van der Waals surface area contributed by atoms with Crippen molar-refractivity contribution in [3.05, 3.63) is 0 Å². The summed E-state index contributed by atoms with van der Waals surface area (Å²) in [6.07, 6.45) is 34.4. The summed E-state index contributed by atoms with van der Waals surface area (Å²) < 4.78 is 52.1. The zero-order valence-electron chi connectivity index (χ0n) is 45.5. The number of hydrogen-bond acceptors (Lipinski definition) is 12. The molecule has 2 rings (SSSR count). The summed E-state index contributed by atoms with van der Waals surface area (Å²) in [5, 5.41) is 0. The molecule has 0 bridgehead atoms. The Morgan fingerprint density at radius 1 is 0.391 bits per heavy atom. The molecule has 9 unspecified atom stereocenters. The van der Waals surface area contributed by atoms with E-state index in [1.165, 1.54) is 57.8 Å². The molecular weight excluding hydrogens is 877 g/mol. The van der Waals surface area contributed by atoms with Gasteiger partial charge in [-0.3, -0.25) is 14.4 Å². The average Bonchev–Trinajstić information content (AvgIpc) is 4.27. The summed E-state index contributed by atoms with van der Waals surface area (Å²) in [5.41, 5.74) is 0. The molecule has 0 amide bonds. The molecule has 2 aliphatic rings. The highest BCUT2D eigenvalue weighted by Gasteiger charge is 2.39. The minimum Gasteiger partial charge on any atom is -0.462 e. The third-order valence-electron chi connectivity index (χ3n) is 13.7. The lowest BCUT2D eigenvalue weighted by atomic mass is 10.1. The Hall–Kier alpha value is -1.83. The van der Waals surface area contributed by atoms with Gasteiger partial charge in [0.2, 0.25) is 0 Å².